The predicted molar refractivity (Wildman–Crippen MR) is 84.0 cm³/mol. The number of hydrogen-bond acceptors (Lipinski definition) is 2. The molecular formula is C17H18F9NO2. The third-order valence-electron chi connectivity index (χ3n) is 4.41. The molecule has 3 N–H and O–H groups in total. The zero-order valence-corrected chi connectivity index (χ0v) is 15.2. The number of carboxylic acids is 1. The fourth-order valence-electron chi connectivity index (χ4n) is 3.56. The standard InChI is InChI=1S/C17H18F9NO2/c1-3-4-8(5-10(28)29)11-13(16(21,22)23)7(2)12(15(18,19)20)9(6-27)14(11)17(24,25)26/h8H,3-6,27H2,1-2H3,(H,28,29). The van der Waals surface area contributed by atoms with Gasteiger partial charge in [0.05, 0.1) is 23.1 Å². The quantitative estimate of drug-likeness (QED) is 0.545. The summed E-state index contributed by atoms with van der Waals surface area (Å²) in [5, 5.41) is 8.97. The Balaban J connectivity index is 4.33. The van der Waals surface area contributed by atoms with Gasteiger partial charge in [0.15, 0.2) is 0 Å². The molecule has 1 aromatic rings. The van der Waals surface area contributed by atoms with E-state index in [1.54, 1.807) is 0 Å². The van der Waals surface area contributed by atoms with Crippen LogP contribution in [0.3, 0.4) is 0 Å². The van der Waals surface area contributed by atoms with Gasteiger partial charge in [-0.25, -0.2) is 0 Å². The van der Waals surface area contributed by atoms with Crippen LogP contribution in [0.4, 0.5) is 39.5 Å². The summed E-state index contributed by atoms with van der Waals surface area (Å²) in [6.07, 6.45) is -18.3. The molecule has 0 amide bonds. The lowest BCUT2D eigenvalue weighted by molar-refractivity contribution is -0.152. The summed E-state index contributed by atoms with van der Waals surface area (Å²) in [5.41, 5.74) is -5.75. The Bertz CT molecular complexity index is 764. The van der Waals surface area contributed by atoms with Crippen molar-refractivity contribution in [2.45, 2.75) is 64.1 Å². The summed E-state index contributed by atoms with van der Waals surface area (Å²) in [6.45, 7) is 0.482. The summed E-state index contributed by atoms with van der Waals surface area (Å²) in [6, 6.07) is 0. The second-order valence-corrected chi connectivity index (χ2v) is 6.42. The van der Waals surface area contributed by atoms with Gasteiger partial charge in [-0.3, -0.25) is 4.79 Å². The van der Waals surface area contributed by atoms with Crippen molar-refractivity contribution in [3.05, 3.63) is 33.4 Å². The molecule has 29 heavy (non-hydrogen) atoms. The van der Waals surface area contributed by atoms with Gasteiger partial charge in [0.2, 0.25) is 0 Å². The van der Waals surface area contributed by atoms with Gasteiger partial charge in [-0.2, -0.15) is 39.5 Å². The van der Waals surface area contributed by atoms with Crippen LogP contribution in [0.5, 0.6) is 0 Å². The normalized spacial score (nSPS) is 14.2. The first-order valence-electron chi connectivity index (χ1n) is 8.31. The number of hydrogen-bond donors (Lipinski definition) is 2. The summed E-state index contributed by atoms with van der Waals surface area (Å²) in [4.78, 5) is 11.1. The summed E-state index contributed by atoms with van der Waals surface area (Å²) in [5.74, 6) is -3.49. The molecule has 12 heteroatoms. The van der Waals surface area contributed by atoms with Gasteiger partial charge in [0, 0.05) is 6.54 Å². The lowest BCUT2D eigenvalue weighted by atomic mass is 9.78. The molecule has 1 unspecified atom stereocenters. The molecule has 0 radical (unpaired) electrons. The SMILES string of the molecule is CCCC(CC(=O)O)c1c(C(F)(F)F)c(C)c(C(F)(F)F)c(CN)c1C(F)(F)F. The van der Waals surface area contributed by atoms with E-state index in [0.29, 0.717) is 6.92 Å². The maximum absolute atomic E-state index is 13.8. The molecule has 0 bridgehead atoms. The van der Waals surface area contributed by atoms with Crippen molar-refractivity contribution in [1.82, 2.24) is 0 Å². The van der Waals surface area contributed by atoms with Gasteiger partial charge in [-0.1, -0.05) is 13.3 Å². The molecule has 0 aliphatic heterocycles. The van der Waals surface area contributed by atoms with Crippen molar-refractivity contribution in [3.63, 3.8) is 0 Å². The molecule has 0 saturated heterocycles. The first-order valence-corrected chi connectivity index (χ1v) is 8.31. The fourth-order valence-corrected chi connectivity index (χ4v) is 3.56. The largest absolute Gasteiger partial charge is 0.481 e. The number of aliphatic carboxylic acids is 1. The molecule has 0 saturated carbocycles. The molecule has 0 aliphatic rings. The molecule has 1 atom stereocenters. The molecule has 1 aromatic carbocycles. The molecule has 0 aliphatic carbocycles. The number of rotatable bonds is 6. The van der Waals surface area contributed by atoms with Crippen LogP contribution in [-0.2, 0) is 29.9 Å². The van der Waals surface area contributed by atoms with Crippen LogP contribution in [0.2, 0.25) is 0 Å². The predicted octanol–water partition coefficient (Wildman–Crippen LogP) is 5.87. The number of halogens is 9. The van der Waals surface area contributed by atoms with E-state index in [0.717, 1.165) is 0 Å². The highest BCUT2D eigenvalue weighted by atomic mass is 19.4. The van der Waals surface area contributed by atoms with Crippen molar-refractivity contribution < 1.29 is 49.4 Å². The molecule has 0 fully saturated rings. The zero-order valence-electron chi connectivity index (χ0n) is 15.2. The maximum atomic E-state index is 13.8. The van der Waals surface area contributed by atoms with E-state index in [2.05, 4.69) is 0 Å². The monoisotopic (exact) mass is 439 g/mol. The fraction of sp³-hybridized carbons (Fsp3) is 0.588. The highest BCUT2D eigenvalue weighted by Gasteiger charge is 2.50. The molecule has 1 rings (SSSR count). The smallest absolute Gasteiger partial charge is 0.417 e. The highest BCUT2D eigenvalue weighted by molar-refractivity contribution is 5.69. The van der Waals surface area contributed by atoms with Gasteiger partial charge < -0.3 is 10.8 Å². The van der Waals surface area contributed by atoms with E-state index in [1.807, 2.05) is 0 Å². The Labute approximate surface area is 159 Å². The van der Waals surface area contributed by atoms with Crippen LogP contribution in [0.15, 0.2) is 0 Å². The maximum Gasteiger partial charge on any atom is 0.417 e. The van der Waals surface area contributed by atoms with Crippen LogP contribution in [0.25, 0.3) is 0 Å². The minimum Gasteiger partial charge on any atom is -0.481 e. The molecular weight excluding hydrogens is 421 g/mol. The van der Waals surface area contributed by atoms with Gasteiger partial charge >= 0.3 is 24.5 Å². The molecule has 0 heterocycles. The van der Waals surface area contributed by atoms with E-state index >= 15 is 0 Å². The van der Waals surface area contributed by atoms with Gasteiger partial charge in [0.1, 0.15) is 0 Å². The zero-order chi connectivity index (χ0) is 22.9. The number of carboxylic acid groups (broad SMARTS) is 1. The Morgan fingerprint density at radius 1 is 0.931 bits per heavy atom. The van der Waals surface area contributed by atoms with Crippen LogP contribution in [0.1, 0.15) is 65.5 Å². The van der Waals surface area contributed by atoms with Crippen LogP contribution < -0.4 is 5.73 Å². The van der Waals surface area contributed by atoms with Crippen molar-refractivity contribution >= 4 is 5.97 Å². The number of nitrogens with two attached hydrogens (primary N) is 1. The number of carbonyl (C=O) groups is 1. The lowest BCUT2D eigenvalue weighted by Gasteiger charge is -2.31. The Kier molecular flexibility index (Phi) is 7.26. The molecule has 3 nitrogen and oxygen atoms in total. The van der Waals surface area contributed by atoms with E-state index in [1.165, 1.54) is 6.92 Å². The highest BCUT2D eigenvalue weighted by Crippen LogP contribution is 2.51. The molecule has 0 aromatic heterocycles. The lowest BCUT2D eigenvalue weighted by Crippen LogP contribution is -2.29. The first-order chi connectivity index (χ1) is 13.0. The topological polar surface area (TPSA) is 63.3 Å². The van der Waals surface area contributed by atoms with E-state index < -0.39 is 83.2 Å². The van der Waals surface area contributed by atoms with Crippen molar-refractivity contribution in [3.8, 4) is 0 Å². The first kappa shape index (κ1) is 25.1. The van der Waals surface area contributed by atoms with Crippen LogP contribution in [-0.4, -0.2) is 11.1 Å². The second-order valence-electron chi connectivity index (χ2n) is 6.42. The van der Waals surface area contributed by atoms with Gasteiger partial charge in [-0.05, 0) is 36.0 Å². The van der Waals surface area contributed by atoms with E-state index in [9.17, 15) is 44.3 Å². The third-order valence-corrected chi connectivity index (χ3v) is 4.41. The third kappa shape index (κ3) is 5.34. The second kappa shape index (κ2) is 8.41. The Hall–Kier alpha value is -1.98. The summed E-state index contributed by atoms with van der Waals surface area (Å²) in [7, 11) is 0. The average molecular weight is 439 g/mol. The number of benzene rings is 1. The summed E-state index contributed by atoms with van der Waals surface area (Å²) >= 11 is 0. The van der Waals surface area contributed by atoms with Crippen LogP contribution in [0, 0.1) is 6.92 Å². The van der Waals surface area contributed by atoms with Crippen molar-refractivity contribution in [2.24, 2.45) is 5.73 Å². The Morgan fingerprint density at radius 2 is 1.38 bits per heavy atom. The van der Waals surface area contributed by atoms with Crippen molar-refractivity contribution in [2.75, 3.05) is 0 Å². The van der Waals surface area contributed by atoms with E-state index in [4.69, 9.17) is 10.8 Å². The van der Waals surface area contributed by atoms with Crippen LogP contribution >= 0.6 is 0 Å². The molecule has 166 valence electrons. The number of alkyl halides is 9. The van der Waals surface area contributed by atoms with Crippen molar-refractivity contribution in [1.29, 1.82) is 0 Å². The minimum atomic E-state index is -5.62. The minimum absolute atomic E-state index is 0.00453. The van der Waals surface area contributed by atoms with Gasteiger partial charge in [-0.15, -0.1) is 0 Å². The average Bonchev–Trinajstić information content (AvgIpc) is 2.48. The van der Waals surface area contributed by atoms with Gasteiger partial charge in [0.25, 0.3) is 0 Å². The Morgan fingerprint density at radius 3 is 1.69 bits per heavy atom. The molecule has 0 spiro atoms. The van der Waals surface area contributed by atoms with E-state index in [-0.39, 0.29) is 6.42 Å². The summed E-state index contributed by atoms with van der Waals surface area (Å²) < 4.78 is 123.